The van der Waals surface area contributed by atoms with Gasteiger partial charge in [-0.05, 0) is 161 Å². The molecule has 0 bridgehead atoms. The minimum absolute atomic E-state index is 0.0101. The van der Waals surface area contributed by atoms with Gasteiger partial charge in [-0.15, -0.1) is 73.1 Å². The summed E-state index contributed by atoms with van der Waals surface area (Å²) in [7, 11) is 8.96. The van der Waals surface area contributed by atoms with Gasteiger partial charge in [-0.2, -0.15) is 25.5 Å². The van der Waals surface area contributed by atoms with Gasteiger partial charge in [0, 0.05) is 209 Å². The first-order valence-electron chi connectivity index (χ1n) is 42.0. The highest BCUT2D eigenvalue weighted by Crippen LogP contribution is 2.40. The Bertz CT molecular complexity index is 7010. The molecule has 1 saturated heterocycles. The number of ether oxygens (including phenoxy) is 3. The third-order valence-corrected chi connectivity index (χ3v) is 27.1. The van der Waals surface area contributed by atoms with E-state index < -0.39 is 23.9 Å². The molecule has 133 heavy (non-hydrogen) atoms. The zero-order chi connectivity index (χ0) is 96.2. The fourth-order valence-corrected chi connectivity index (χ4v) is 19.6. The van der Waals surface area contributed by atoms with Gasteiger partial charge in [0.2, 0.25) is 0 Å². The van der Waals surface area contributed by atoms with Crippen molar-refractivity contribution < 1.29 is 57.7 Å². The first kappa shape index (κ1) is 98.7. The van der Waals surface area contributed by atoms with Crippen molar-refractivity contribution in [3.8, 4) is 61.6 Å². The van der Waals surface area contributed by atoms with Gasteiger partial charge in [-0.1, -0.05) is 36.4 Å². The number of amides is 1. The van der Waals surface area contributed by atoms with E-state index in [-0.39, 0.29) is 64.6 Å². The van der Waals surface area contributed by atoms with E-state index in [2.05, 4.69) is 40.9 Å². The fourth-order valence-electron chi connectivity index (χ4n) is 14.3. The third kappa shape index (κ3) is 22.4. The molecule has 7 N–H and O–H groups in total. The van der Waals surface area contributed by atoms with Crippen LogP contribution < -0.4 is 33.4 Å². The predicted molar refractivity (Wildman–Crippen MR) is 526 cm³/mol. The van der Waals surface area contributed by atoms with Crippen LogP contribution in [0.3, 0.4) is 0 Å². The number of thiophene rings is 6. The van der Waals surface area contributed by atoms with Crippen LogP contribution in [-0.2, 0) is 58.8 Å². The highest BCUT2D eigenvalue weighted by molar-refractivity contribution is 7.18. The van der Waals surface area contributed by atoms with Crippen molar-refractivity contribution in [2.45, 2.75) is 120 Å². The smallest absolute Gasteiger partial charge is 0.498 e. The summed E-state index contributed by atoms with van der Waals surface area (Å²) in [5, 5.41) is 58.9. The van der Waals surface area contributed by atoms with Crippen molar-refractivity contribution in [3.05, 3.63) is 270 Å². The lowest BCUT2D eigenvalue weighted by Gasteiger charge is -2.32. The van der Waals surface area contributed by atoms with Gasteiger partial charge >= 0.3 is 31.0 Å². The van der Waals surface area contributed by atoms with E-state index >= 15 is 0 Å². The summed E-state index contributed by atoms with van der Waals surface area (Å²) >= 11 is 8.96. The summed E-state index contributed by atoms with van der Waals surface area (Å²) in [5.74, 6) is -2.12. The molecule has 692 valence electrons. The van der Waals surface area contributed by atoms with E-state index in [1.54, 1.807) is 130 Å². The SMILES string of the molecule is CCOC(=O)c1c(-c2cnn(C)c2)csc1C.CCOC(=O)c1c(C)csc1C.CCOC(=O)c1c(O)csc1C.C[C@H](N)c1cc2scc(-c3cnn(C)c3)c2c(=O)n1-c1ccccc1.C[C@H](NC(=O)c1c(N)nn2cccnc12)c1cc2scc(-c3cnn(C)c3)c2c(=O)n1-c1ccccc1.Cc1scc(-c2cnn(C)c2)c1C(=O)O.Cn1cc(B2OC(C)(C)C(C)(C)O2)cn1. The molecule has 0 spiro atoms. The monoisotopic (exact) mass is 1910 g/mol. The number of nitrogens with zero attached hydrogens (tertiary/aromatic N) is 15. The largest absolute Gasteiger partial charge is 0.506 e. The summed E-state index contributed by atoms with van der Waals surface area (Å²) in [6.07, 6.45) is 21.4. The lowest BCUT2D eigenvalue weighted by atomic mass is 9.82. The highest BCUT2D eigenvalue weighted by Gasteiger charge is 2.52. The molecular weight excluding hydrogens is 1810 g/mol. The van der Waals surface area contributed by atoms with E-state index in [1.807, 2.05) is 249 Å². The van der Waals surface area contributed by atoms with Crippen LogP contribution in [-0.4, -0.2) is 151 Å². The second-order valence-corrected chi connectivity index (χ2v) is 37.8. The number of nitrogens with one attached hydrogen (secondary N) is 1. The average molecular weight is 1910 g/mol. The molecule has 2 atom stereocenters. The number of carbonyl (C=O) groups excluding carboxylic acids is 4. The number of nitrogens with two attached hydrogens (primary N) is 2. The summed E-state index contributed by atoms with van der Waals surface area (Å²) < 4.78 is 41.7. The Labute approximate surface area is 791 Å². The topological polar surface area (TPSA) is 399 Å². The Hall–Kier alpha value is -13.4. The van der Waals surface area contributed by atoms with Crippen molar-refractivity contribution in [1.82, 2.24) is 78.0 Å². The summed E-state index contributed by atoms with van der Waals surface area (Å²) in [6, 6.07) is 23.9. The number of aryl methyl sites for hydroxylation is 10. The Morgan fingerprint density at radius 1 is 0.511 bits per heavy atom. The minimum atomic E-state index is -0.882. The zero-order valence-corrected chi connectivity index (χ0v) is 81.8. The average Bonchev–Trinajstić information content (AvgIpc) is 1.65. The number of aromatic hydroxyl groups is 1. The molecule has 2 aromatic carbocycles. The van der Waals surface area contributed by atoms with Crippen LogP contribution in [0, 0.1) is 34.6 Å². The summed E-state index contributed by atoms with van der Waals surface area (Å²) in [5.41, 5.74) is 26.0. The number of carboxylic acids is 1. The highest BCUT2D eigenvalue weighted by atomic mass is 32.1. The molecule has 18 rings (SSSR count). The Kier molecular flexibility index (Phi) is 31.8. The number of carboxylic acid groups (broad SMARTS) is 1. The van der Waals surface area contributed by atoms with Gasteiger partial charge in [-0.3, -0.25) is 46.9 Å². The van der Waals surface area contributed by atoms with Crippen molar-refractivity contribution in [1.29, 1.82) is 0 Å². The molecule has 32 nitrogen and oxygen atoms in total. The molecule has 17 aromatic rings. The predicted octanol–water partition coefficient (Wildman–Crippen LogP) is 17.0. The van der Waals surface area contributed by atoms with Crippen LogP contribution in [0.5, 0.6) is 5.75 Å². The van der Waals surface area contributed by atoms with Gasteiger partial charge in [0.05, 0.1) is 89.3 Å². The molecule has 0 saturated carbocycles. The van der Waals surface area contributed by atoms with E-state index in [4.69, 9.17) is 40.1 Å². The Morgan fingerprint density at radius 2 is 0.910 bits per heavy atom. The molecule has 0 radical (unpaired) electrons. The number of hydrogen-bond acceptors (Lipinski definition) is 28. The van der Waals surface area contributed by atoms with Gasteiger partial charge in [0.15, 0.2) is 11.5 Å². The number of fused-ring (bicyclic) bond motifs is 3. The maximum absolute atomic E-state index is 14.0. The minimum Gasteiger partial charge on any atom is -0.506 e. The summed E-state index contributed by atoms with van der Waals surface area (Å²) in [4.78, 5) is 94.1. The van der Waals surface area contributed by atoms with Crippen LogP contribution >= 0.6 is 68.0 Å². The molecule has 15 aromatic heterocycles. The molecule has 1 aliphatic rings. The third-order valence-electron chi connectivity index (χ3n) is 21.5. The van der Waals surface area contributed by atoms with Gasteiger partial charge in [-0.25, -0.2) is 28.7 Å². The maximum Gasteiger partial charge on any atom is 0.498 e. The van der Waals surface area contributed by atoms with Crippen LogP contribution in [0.4, 0.5) is 5.82 Å². The Morgan fingerprint density at radius 3 is 1.33 bits per heavy atom. The van der Waals surface area contributed by atoms with E-state index in [1.165, 1.54) is 43.9 Å². The number of carbonyl (C=O) groups is 5. The van der Waals surface area contributed by atoms with Gasteiger partial charge in [0.25, 0.3) is 17.0 Å². The number of nitrogen functional groups attached to an aromatic ring is 1. The fraction of sp³-hybridized carbons (Fsp3) is 0.277. The standard InChI is InChI=1S/C26H22N8O2S.C19H18N4OS.C12H14N2O2S.C10H17BN2O2.C10H10N2O2S.C9H12O2S.C8H10O3S/c1-15(30-25(35)22-23(27)31-33-10-6-9-28-24(22)33)19-11-20-21(18(14-37-20)16-12-29-32(2)13-16)26(36)34(19)17-7-4-3-5-8-17;1-12(20)16-8-17-18(15(11-25-17)13-9-21-22(2)10-13)19(24)23(16)14-6-4-3-5-7-14;1-4-16-12(15)11-8(2)17-7-10(11)9-5-13-14(3)6-9;1-9(2)10(3,4)15-11(14-9)8-6-12-13(5)7-8;1-6-9(10(13)14)8(5-15-6)7-3-11-12(2)4-7;1-4-11-9(10)8-6(2)5-12-7(8)3;1-3-11-8(10)7-5(2)12-4-6(7)9/h3-15H,1-2H3,(H2,27,31)(H,30,35);3-12H,20H2,1-2H3;5-7H,4H2,1-3H3;6-7H,1-5H3;3-5H,1-2H3,(H,13,14);5H,4H2,1-3H3;4,9H,3H2,1-2H3/t15-;12-;;;;;/m00...../s1. The molecule has 0 unspecified atom stereocenters. The number of aromatic nitrogens is 15. The van der Waals surface area contributed by atoms with E-state index in [9.17, 15) is 38.7 Å². The van der Waals surface area contributed by atoms with E-state index in [0.717, 1.165) is 101 Å². The lowest BCUT2D eigenvalue weighted by molar-refractivity contribution is 0.00578. The van der Waals surface area contributed by atoms with E-state index in [0.29, 0.717) is 64.3 Å². The first-order valence-corrected chi connectivity index (χ1v) is 47.3. The van der Waals surface area contributed by atoms with Crippen LogP contribution in [0.2, 0.25) is 0 Å². The number of pyridine rings is 2. The molecule has 16 heterocycles. The number of hydrogen-bond donors (Lipinski definition) is 5. The van der Waals surface area contributed by atoms with Crippen molar-refractivity contribution in [2.75, 3.05) is 25.6 Å². The number of anilines is 1. The number of rotatable bonds is 18. The molecule has 1 aliphatic heterocycles. The number of benzene rings is 2. The zero-order valence-electron chi connectivity index (χ0n) is 76.9. The lowest BCUT2D eigenvalue weighted by Crippen LogP contribution is -2.41. The van der Waals surface area contributed by atoms with Crippen molar-refractivity contribution in [2.24, 2.45) is 41.0 Å². The summed E-state index contributed by atoms with van der Waals surface area (Å²) in [6.45, 7) is 27.8. The number of aromatic carboxylic acids is 1. The first-order chi connectivity index (χ1) is 63.3. The molecule has 0 aliphatic carbocycles. The van der Waals surface area contributed by atoms with Crippen LogP contribution in [0.25, 0.3) is 81.7 Å². The van der Waals surface area contributed by atoms with Gasteiger partial charge < -0.3 is 50.5 Å². The normalized spacial score (nSPS) is 12.7. The number of para-hydroxylation sites is 2. The quantitative estimate of drug-likeness (QED) is 0.0302. The van der Waals surface area contributed by atoms with Crippen LogP contribution in [0.15, 0.2) is 195 Å². The van der Waals surface area contributed by atoms with Crippen LogP contribution in [0.1, 0.15) is 163 Å². The van der Waals surface area contributed by atoms with Gasteiger partial charge in [0.1, 0.15) is 16.9 Å². The molecule has 39 heteroatoms. The number of esters is 3. The maximum atomic E-state index is 14.0. The molecule has 1 fully saturated rings. The molecular formula is C94H103BN18O14S6. The second-order valence-electron chi connectivity index (χ2n) is 31.7. The van der Waals surface area contributed by atoms with Crippen molar-refractivity contribution >= 4 is 142 Å². The Balaban J connectivity index is 0.000000146. The second kappa shape index (κ2) is 42.9. The van der Waals surface area contributed by atoms with Crippen molar-refractivity contribution in [3.63, 3.8) is 0 Å². The molecule has 1 amide bonds.